The molecule has 0 aliphatic heterocycles. The molecule has 0 radical (unpaired) electrons. The van der Waals surface area contributed by atoms with Gasteiger partial charge >= 0.3 is 108 Å². The molecule has 140 valence electrons. The number of carbonyl (C=O) groups excluding carboxylic acids is 1. The monoisotopic (exact) mass is 467 g/mol. The number of carboxylic acid groups (broad SMARTS) is 2. The summed E-state index contributed by atoms with van der Waals surface area (Å²) in [6.07, 6.45) is -2.33. The minimum absolute atomic E-state index is 0. The van der Waals surface area contributed by atoms with E-state index in [2.05, 4.69) is 4.98 Å². The van der Waals surface area contributed by atoms with Crippen LogP contribution in [0, 0.1) is 11.3 Å². The molecule has 0 bridgehead atoms. The van der Waals surface area contributed by atoms with Crippen molar-refractivity contribution in [3.63, 3.8) is 0 Å². The van der Waals surface area contributed by atoms with Gasteiger partial charge in [0.1, 0.15) is 0 Å². The summed E-state index contributed by atoms with van der Waals surface area (Å²) in [6.45, 7) is 0.314. The van der Waals surface area contributed by atoms with E-state index in [0.717, 1.165) is 10.1 Å². The van der Waals surface area contributed by atoms with Crippen LogP contribution < -0.4 is 124 Å². The van der Waals surface area contributed by atoms with Crippen LogP contribution in [0.4, 0.5) is 4.79 Å². The second-order valence-corrected chi connectivity index (χ2v) is 5.74. The number of halogens is 1. The van der Waals surface area contributed by atoms with Crippen LogP contribution in [0.1, 0.15) is 11.1 Å². The van der Waals surface area contributed by atoms with Gasteiger partial charge in [-0.15, -0.1) is 0 Å². The molecule has 10 nitrogen and oxygen atoms in total. The van der Waals surface area contributed by atoms with Crippen LogP contribution in [-0.2, 0) is 20.6 Å². The molecular formula is C16H12ClK2N5O5. The molecule has 0 aliphatic carbocycles. The average molecular weight is 468 g/mol. The third-order valence-electron chi connectivity index (χ3n) is 3.73. The van der Waals surface area contributed by atoms with E-state index in [9.17, 15) is 9.59 Å². The van der Waals surface area contributed by atoms with Crippen LogP contribution in [-0.4, -0.2) is 24.8 Å². The standard InChI is InChI=1S/C15H12ClN5O2.CH2O3.2K/c1-19-12-11(13(22)20(2)15(19)23)21(14(16)18-12)8-10-5-3-9(7-17)4-6-10;2-1(3)4;;/h3-6H,8H2,1-2H3;(H2,2,3,4);;/q;;2*+1/p-2. The Labute approximate surface area is 254 Å². The molecule has 13 heteroatoms. The van der Waals surface area contributed by atoms with Crippen molar-refractivity contribution in [2.24, 2.45) is 14.1 Å². The fourth-order valence-corrected chi connectivity index (χ4v) is 2.66. The van der Waals surface area contributed by atoms with E-state index in [1.54, 1.807) is 35.9 Å². The number of imidazole rings is 1. The van der Waals surface area contributed by atoms with Crippen LogP contribution in [0.3, 0.4) is 0 Å². The number of aryl methyl sites for hydroxylation is 1. The molecule has 0 spiro atoms. The average Bonchev–Trinajstić information content (AvgIpc) is 2.95. The number of benzene rings is 1. The Bertz CT molecular complexity index is 1170. The van der Waals surface area contributed by atoms with E-state index in [1.807, 2.05) is 6.07 Å². The van der Waals surface area contributed by atoms with Gasteiger partial charge in [0.25, 0.3) is 5.56 Å². The van der Waals surface area contributed by atoms with Crippen molar-refractivity contribution in [3.05, 3.63) is 61.5 Å². The Balaban J connectivity index is 0.00000120. The first-order valence-corrected chi connectivity index (χ1v) is 7.74. The maximum Gasteiger partial charge on any atom is 1.00 e. The number of nitrogens with zero attached hydrogens (tertiary/aromatic N) is 5. The summed E-state index contributed by atoms with van der Waals surface area (Å²) in [5, 5.41) is 25.6. The summed E-state index contributed by atoms with van der Waals surface area (Å²) in [4.78, 5) is 36.8. The molecule has 29 heavy (non-hydrogen) atoms. The first-order chi connectivity index (χ1) is 12.7. The number of aromatic nitrogens is 4. The first-order valence-electron chi connectivity index (χ1n) is 7.36. The molecule has 2 aromatic heterocycles. The van der Waals surface area contributed by atoms with Gasteiger partial charge < -0.3 is 19.6 Å². The van der Waals surface area contributed by atoms with E-state index >= 15 is 0 Å². The summed E-state index contributed by atoms with van der Waals surface area (Å²) in [5.74, 6) is 0. The van der Waals surface area contributed by atoms with E-state index < -0.39 is 17.4 Å². The normalized spacial score (nSPS) is 9.45. The number of carbonyl (C=O) groups is 1. The first kappa shape index (κ1) is 28.7. The van der Waals surface area contributed by atoms with Crippen molar-refractivity contribution in [2.45, 2.75) is 6.54 Å². The molecule has 0 saturated carbocycles. The Morgan fingerprint density at radius 2 is 1.66 bits per heavy atom. The summed E-state index contributed by atoms with van der Waals surface area (Å²) < 4.78 is 3.87. The van der Waals surface area contributed by atoms with E-state index in [1.165, 1.54) is 11.6 Å². The van der Waals surface area contributed by atoms with Crippen LogP contribution in [0.15, 0.2) is 33.9 Å². The van der Waals surface area contributed by atoms with Crippen LogP contribution >= 0.6 is 11.6 Å². The summed E-state index contributed by atoms with van der Waals surface area (Å²) in [5.41, 5.74) is 1.02. The molecule has 1 aromatic carbocycles. The summed E-state index contributed by atoms with van der Waals surface area (Å²) >= 11 is 6.16. The minimum Gasteiger partial charge on any atom is -0.652 e. The largest absolute Gasteiger partial charge is 1.00 e. The zero-order valence-corrected chi connectivity index (χ0v) is 23.2. The predicted octanol–water partition coefficient (Wildman–Crippen LogP) is -7.43. The third kappa shape index (κ3) is 6.84. The van der Waals surface area contributed by atoms with Crippen molar-refractivity contribution in [2.75, 3.05) is 0 Å². The molecule has 0 aliphatic rings. The second-order valence-electron chi connectivity index (χ2n) is 5.40. The van der Waals surface area contributed by atoms with Crippen molar-refractivity contribution in [3.8, 4) is 6.07 Å². The molecule has 0 fully saturated rings. The number of rotatable bonds is 2. The second kappa shape index (κ2) is 12.5. The third-order valence-corrected chi connectivity index (χ3v) is 4.01. The molecule has 0 amide bonds. The molecule has 3 rings (SSSR count). The minimum atomic E-state index is -2.33. The van der Waals surface area contributed by atoms with E-state index in [4.69, 9.17) is 31.9 Å². The van der Waals surface area contributed by atoms with Crippen molar-refractivity contribution >= 4 is 28.9 Å². The number of hydrogen-bond donors (Lipinski definition) is 0. The number of nitriles is 1. The van der Waals surface area contributed by atoms with Gasteiger partial charge in [0.2, 0.25) is 5.28 Å². The summed E-state index contributed by atoms with van der Waals surface area (Å²) in [7, 11) is 2.95. The SMILES string of the molecule is Cn1c(=O)c2c(nc(Cl)n2Cc2ccc(C#N)cc2)n(C)c1=O.O=C([O-])[O-].[K+].[K+]. The van der Waals surface area contributed by atoms with Crippen molar-refractivity contribution < 1.29 is 118 Å². The summed E-state index contributed by atoms with van der Waals surface area (Å²) in [6, 6.07) is 9.00. The predicted molar refractivity (Wildman–Crippen MR) is 90.9 cm³/mol. The fraction of sp³-hybridized carbons (Fsp3) is 0.188. The molecule has 0 saturated heterocycles. The van der Waals surface area contributed by atoms with Gasteiger partial charge in [-0.2, -0.15) is 10.2 Å². The molecule has 0 N–H and O–H groups in total. The van der Waals surface area contributed by atoms with Gasteiger partial charge in [-0.25, -0.2) is 4.79 Å². The van der Waals surface area contributed by atoms with Gasteiger partial charge in [-0.05, 0) is 35.5 Å². The maximum atomic E-state index is 12.4. The van der Waals surface area contributed by atoms with E-state index in [-0.39, 0.29) is 119 Å². The Hall–Kier alpha value is -0.307. The van der Waals surface area contributed by atoms with Gasteiger partial charge in [0.15, 0.2) is 11.2 Å². The maximum absolute atomic E-state index is 12.4. The van der Waals surface area contributed by atoms with Crippen molar-refractivity contribution in [1.29, 1.82) is 5.26 Å². The Morgan fingerprint density at radius 3 is 2.14 bits per heavy atom. The van der Waals surface area contributed by atoms with Gasteiger partial charge in [-0.1, -0.05) is 12.1 Å². The quantitative estimate of drug-likeness (QED) is 0.268. The zero-order valence-electron chi connectivity index (χ0n) is 16.2. The molecular weight excluding hydrogens is 456 g/mol. The zero-order chi connectivity index (χ0) is 20.3. The van der Waals surface area contributed by atoms with Crippen molar-refractivity contribution in [1.82, 2.24) is 18.7 Å². The topological polar surface area (TPSA) is 149 Å². The van der Waals surface area contributed by atoms with Gasteiger partial charge in [-0.3, -0.25) is 13.9 Å². The van der Waals surface area contributed by atoms with E-state index in [0.29, 0.717) is 12.1 Å². The van der Waals surface area contributed by atoms with Gasteiger partial charge in [0, 0.05) is 14.1 Å². The van der Waals surface area contributed by atoms with Crippen LogP contribution in [0.5, 0.6) is 0 Å². The number of fused-ring (bicyclic) bond motifs is 1. The smallest absolute Gasteiger partial charge is 0.652 e. The molecule has 0 atom stereocenters. The molecule has 0 unspecified atom stereocenters. The fourth-order valence-electron chi connectivity index (χ4n) is 2.43. The molecule has 2 heterocycles. The van der Waals surface area contributed by atoms with Gasteiger partial charge in [0.05, 0.1) is 18.2 Å². The Morgan fingerprint density at radius 1 is 1.14 bits per heavy atom. The Kier molecular flexibility index (Phi) is 12.4. The number of hydrogen-bond acceptors (Lipinski definition) is 7. The van der Waals surface area contributed by atoms with Crippen LogP contribution in [0.25, 0.3) is 11.2 Å². The van der Waals surface area contributed by atoms with Crippen LogP contribution in [0.2, 0.25) is 5.28 Å². The molecule has 3 aromatic rings.